The van der Waals surface area contributed by atoms with Crippen molar-refractivity contribution in [1.29, 1.82) is 0 Å². The van der Waals surface area contributed by atoms with Crippen molar-refractivity contribution in [3.05, 3.63) is 60.4 Å². The Hall–Kier alpha value is -3.11. The molecular formula is C14H12N6O3S. The highest BCUT2D eigenvalue weighted by atomic mass is 32.2. The van der Waals surface area contributed by atoms with Gasteiger partial charge in [-0.15, -0.1) is 5.10 Å². The standard InChI is InChI=1S/C14H12N6O3S/c15-24(22,23)13-6-1-3-10(7-13)14(21)17-11-4-2-5-12(8-11)20-9-16-18-19-20/h1-9H,(H,17,21)(H2,15,22,23). The van der Waals surface area contributed by atoms with Crippen molar-refractivity contribution in [3.8, 4) is 5.69 Å². The molecule has 0 aliphatic rings. The van der Waals surface area contributed by atoms with Crippen LogP contribution in [0.15, 0.2) is 59.8 Å². The monoisotopic (exact) mass is 344 g/mol. The molecule has 0 saturated carbocycles. The number of tetrazole rings is 1. The van der Waals surface area contributed by atoms with Crippen LogP contribution < -0.4 is 10.5 Å². The lowest BCUT2D eigenvalue weighted by Gasteiger charge is -2.08. The van der Waals surface area contributed by atoms with E-state index in [2.05, 4.69) is 20.8 Å². The van der Waals surface area contributed by atoms with Crippen LogP contribution in [0.25, 0.3) is 5.69 Å². The first-order valence-corrected chi connectivity index (χ1v) is 8.26. The number of amides is 1. The minimum atomic E-state index is -3.87. The van der Waals surface area contributed by atoms with Gasteiger partial charge in [0, 0.05) is 11.3 Å². The maximum Gasteiger partial charge on any atom is 0.255 e. The van der Waals surface area contributed by atoms with Gasteiger partial charge in [0.25, 0.3) is 5.91 Å². The number of rotatable bonds is 4. The number of carbonyl (C=O) groups is 1. The van der Waals surface area contributed by atoms with Crippen LogP contribution in [-0.4, -0.2) is 34.5 Å². The van der Waals surface area contributed by atoms with Crippen LogP contribution in [0.4, 0.5) is 5.69 Å². The van der Waals surface area contributed by atoms with Crippen LogP contribution in [0.1, 0.15) is 10.4 Å². The molecule has 0 fully saturated rings. The molecule has 3 aromatic rings. The zero-order valence-corrected chi connectivity index (χ0v) is 13.0. The summed E-state index contributed by atoms with van der Waals surface area (Å²) in [5.41, 5.74) is 1.35. The number of nitrogens with one attached hydrogen (secondary N) is 1. The number of primary sulfonamides is 1. The molecule has 1 heterocycles. The third kappa shape index (κ3) is 3.45. The van der Waals surface area contributed by atoms with Gasteiger partial charge in [-0.3, -0.25) is 4.79 Å². The highest BCUT2D eigenvalue weighted by Crippen LogP contribution is 2.16. The van der Waals surface area contributed by atoms with Gasteiger partial charge in [-0.25, -0.2) is 18.2 Å². The van der Waals surface area contributed by atoms with Crippen molar-refractivity contribution in [3.63, 3.8) is 0 Å². The minimum Gasteiger partial charge on any atom is -0.322 e. The molecule has 122 valence electrons. The van der Waals surface area contributed by atoms with E-state index in [4.69, 9.17) is 5.14 Å². The molecule has 3 rings (SSSR count). The van der Waals surface area contributed by atoms with E-state index in [1.54, 1.807) is 24.3 Å². The number of nitrogens with zero attached hydrogens (tertiary/aromatic N) is 4. The zero-order valence-electron chi connectivity index (χ0n) is 12.2. The molecule has 0 atom stereocenters. The van der Waals surface area contributed by atoms with Crippen molar-refractivity contribution < 1.29 is 13.2 Å². The van der Waals surface area contributed by atoms with E-state index in [1.807, 2.05) is 0 Å². The number of nitrogens with two attached hydrogens (primary N) is 1. The maximum absolute atomic E-state index is 12.3. The van der Waals surface area contributed by atoms with Gasteiger partial charge in [-0.1, -0.05) is 12.1 Å². The lowest BCUT2D eigenvalue weighted by Crippen LogP contribution is -2.15. The normalized spacial score (nSPS) is 11.2. The van der Waals surface area contributed by atoms with E-state index < -0.39 is 15.9 Å². The van der Waals surface area contributed by atoms with Crippen molar-refractivity contribution in [2.75, 3.05) is 5.32 Å². The summed E-state index contributed by atoms with van der Waals surface area (Å²) in [4.78, 5) is 12.2. The average Bonchev–Trinajstić information content (AvgIpc) is 3.09. The number of anilines is 1. The Morgan fingerprint density at radius 3 is 2.62 bits per heavy atom. The van der Waals surface area contributed by atoms with Gasteiger partial charge in [0.1, 0.15) is 6.33 Å². The average molecular weight is 344 g/mol. The van der Waals surface area contributed by atoms with Crippen LogP contribution >= 0.6 is 0 Å². The first-order chi connectivity index (χ1) is 11.4. The predicted octanol–water partition coefficient (Wildman–Crippen LogP) is 0.562. The minimum absolute atomic E-state index is 0.127. The highest BCUT2D eigenvalue weighted by Gasteiger charge is 2.12. The van der Waals surface area contributed by atoms with Gasteiger partial charge < -0.3 is 5.32 Å². The van der Waals surface area contributed by atoms with Crippen LogP contribution in [-0.2, 0) is 10.0 Å². The van der Waals surface area contributed by atoms with E-state index in [-0.39, 0.29) is 10.5 Å². The molecule has 0 bridgehead atoms. The van der Waals surface area contributed by atoms with Crippen molar-refractivity contribution in [2.45, 2.75) is 4.90 Å². The number of hydrogen-bond acceptors (Lipinski definition) is 6. The second-order valence-corrected chi connectivity index (χ2v) is 6.39. The molecule has 2 aromatic carbocycles. The highest BCUT2D eigenvalue weighted by molar-refractivity contribution is 7.89. The quantitative estimate of drug-likeness (QED) is 0.710. The first kappa shape index (κ1) is 15.8. The maximum atomic E-state index is 12.3. The molecule has 1 amide bonds. The van der Waals surface area contributed by atoms with E-state index >= 15 is 0 Å². The smallest absolute Gasteiger partial charge is 0.255 e. The van der Waals surface area contributed by atoms with Crippen LogP contribution in [0, 0.1) is 0 Å². The Balaban J connectivity index is 1.84. The fraction of sp³-hybridized carbons (Fsp3) is 0. The predicted molar refractivity (Wildman–Crippen MR) is 84.9 cm³/mol. The summed E-state index contributed by atoms with van der Waals surface area (Å²) in [6, 6.07) is 12.4. The molecule has 10 heteroatoms. The van der Waals surface area contributed by atoms with Gasteiger partial charge in [0.2, 0.25) is 10.0 Å². The third-order valence-corrected chi connectivity index (χ3v) is 4.05. The Morgan fingerprint density at radius 2 is 1.92 bits per heavy atom. The summed E-state index contributed by atoms with van der Waals surface area (Å²) in [5.74, 6) is -0.464. The van der Waals surface area contributed by atoms with E-state index in [1.165, 1.54) is 35.3 Å². The van der Waals surface area contributed by atoms with Gasteiger partial charge in [-0.2, -0.15) is 0 Å². The zero-order chi connectivity index (χ0) is 17.2. The van der Waals surface area contributed by atoms with Gasteiger partial charge >= 0.3 is 0 Å². The number of aromatic nitrogens is 4. The third-order valence-electron chi connectivity index (χ3n) is 3.14. The summed E-state index contributed by atoms with van der Waals surface area (Å²) < 4.78 is 24.2. The number of hydrogen-bond donors (Lipinski definition) is 2. The van der Waals surface area contributed by atoms with Crippen LogP contribution in [0.5, 0.6) is 0 Å². The van der Waals surface area contributed by atoms with Gasteiger partial charge in [0.15, 0.2) is 0 Å². The van der Waals surface area contributed by atoms with Crippen molar-refractivity contribution >= 4 is 21.6 Å². The molecule has 0 saturated heterocycles. The molecule has 0 aliphatic heterocycles. The lowest BCUT2D eigenvalue weighted by molar-refractivity contribution is 0.102. The van der Waals surface area contributed by atoms with E-state index in [9.17, 15) is 13.2 Å². The molecule has 24 heavy (non-hydrogen) atoms. The molecule has 0 spiro atoms. The summed E-state index contributed by atoms with van der Waals surface area (Å²) in [7, 11) is -3.87. The Labute approximate surface area is 137 Å². The Morgan fingerprint density at radius 1 is 1.12 bits per heavy atom. The Bertz CT molecular complexity index is 985. The fourth-order valence-corrected chi connectivity index (χ4v) is 2.58. The summed E-state index contributed by atoms with van der Waals surface area (Å²) >= 11 is 0. The summed E-state index contributed by atoms with van der Waals surface area (Å²) in [6.07, 6.45) is 1.43. The van der Waals surface area contributed by atoms with Gasteiger partial charge in [0.05, 0.1) is 10.6 Å². The van der Waals surface area contributed by atoms with E-state index in [0.29, 0.717) is 11.4 Å². The topological polar surface area (TPSA) is 133 Å². The van der Waals surface area contributed by atoms with Crippen LogP contribution in [0.3, 0.4) is 0 Å². The van der Waals surface area contributed by atoms with Crippen molar-refractivity contribution in [1.82, 2.24) is 20.2 Å². The fourth-order valence-electron chi connectivity index (χ4n) is 2.02. The SMILES string of the molecule is NS(=O)(=O)c1cccc(C(=O)Nc2cccc(-n3cnnn3)c2)c1. The molecule has 1 aromatic heterocycles. The van der Waals surface area contributed by atoms with Gasteiger partial charge in [-0.05, 0) is 46.8 Å². The second-order valence-electron chi connectivity index (χ2n) is 4.83. The molecule has 0 aliphatic carbocycles. The Kier molecular flexibility index (Phi) is 4.06. The molecular weight excluding hydrogens is 332 g/mol. The molecule has 0 unspecified atom stereocenters. The van der Waals surface area contributed by atoms with Crippen LogP contribution in [0.2, 0.25) is 0 Å². The first-order valence-electron chi connectivity index (χ1n) is 6.71. The van der Waals surface area contributed by atoms with Crippen molar-refractivity contribution in [2.24, 2.45) is 5.14 Å². The van der Waals surface area contributed by atoms with E-state index in [0.717, 1.165) is 0 Å². The second kappa shape index (κ2) is 6.18. The lowest BCUT2D eigenvalue weighted by atomic mass is 10.2. The molecule has 3 N–H and O–H groups in total. The number of carbonyl (C=O) groups excluding carboxylic acids is 1. The number of sulfonamides is 1. The summed E-state index contributed by atoms with van der Waals surface area (Å²) in [5, 5.41) is 18.6. The molecule has 0 radical (unpaired) electrons. The number of benzene rings is 2. The molecule has 9 nitrogen and oxygen atoms in total. The largest absolute Gasteiger partial charge is 0.322 e. The summed E-state index contributed by atoms with van der Waals surface area (Å²) in [6.45, 7) is 0.